The molecule has 5 nitrogen and oxygen atoms in total. The minimum absolute atomic E-state index is 0.0489. The number of rotatable bonds is 7. The Morgan fingerprint density at radius 1 is 1.00 bits per heavy atom. The fourth-order valence-electron chi connectivity index (χ4n) is 4.42. The van der Waals surface area contributed by atoms with Gasteiger partial charge < -0.3 is 14.7 Å². The van der Waals surface area contributed by atoms with E-state index in [0.29, 0.717) is 32.5 Å². The summed E-state index contributed by atoms with van der Waals surface area (Å²) in [6.45, 7) is 2.59. The number of nitrogens with zero attached hydrogens (tertiary/aromatic N) is 1. The Hall–Kier alpha value is -2.21. The number of carbonyl (C=O) groups is 1. The van der Waals surface area contributed by atoms with Gasteiger partial charge in [0.1, 0.15) is 0 Å². The predicted molar refractivity (Wildman–Crippen MR) is 112 cm³/mol. The molecule has 2 aromatic carbocycles. The lowest BCUT2D eigenvalue weighted by Gasteiger charge is -2.31. The topological polar surface area (TPSA) is 61.8 Å². The average Bonchev–Trinajstić information content (AvgIpc) is 3.20. The van der Waals surface area contributed by atoms with Crippen molar-refractivity contribution >= 4 is 5.91 Å². The summed E-state index contributed by atoms with van der Waals surface area (Å²) in [5.74, 6) is 0.412. The minimum Gasteiger partial charge on any atom is -0.392 e. The molecule has 1 aliphatic carbocycles. The van der Waals surface area contributed by atoms with E-state index in [0.717, 1.165) is 31.2 Å². The molecule has 0 spiro atoms. The predicted octanol–water partition coefficient (Wildman–Crippen LogP) is 3.34. The van der Waals surface area contributed by atoms with E-state index in [1.165, 1.54) is 16.7 Å². The second-order valence-electron chi connectivity index (χ2n) is 8.19. The smallest absolute Gasteiger partial charge is 0.226 e. The maximum Gasteiger partial charge on any atom is 0.226 e. The second-order valence-corrected chi connectivity index (χ2v) is 8.19. The van der Waals surface area contributed by atoms with E-state index in [-0.39, 0.29) is 18.4 Å². The van der Waals surface area contributed by atoms with Crippen LogP contribution in [0.5, 0.6) is 0 Å². The van der Waals surface area contributed by atoms with E-state index in [9.17, 15) is 9.90 Å². The number of benzene rings is 2. The van der Waals surface area contributed by atoms with Crippen LogP contribution in [0.25, 0.3) is 0 Å². The van der Waals surface area contributed by atoms with Crippen LogP contribution in [0.2, 0.25) is 0 Å². The molecule has 0 atom stereocenters. The number of aliphatic hydroxyl groups is 1. The molecule has 0 unspecified atom stereocenters. The average molecular weight is 395 g/mol. The number of ether oxygens (including phenoxy) is 1. The van der Waals surface area contributed by atoms with Crippen molar-refractivity contribution in [1.29, 1.82) is 0 Å². The van der Waals surface area contributed by atoms with Gasteiger partial charge in [0.2, 0.25) is 5.91 Å². The summed E-state index contributed by atoms with van der Waals surface area (Å²) in [6.07, 6.45) is 3.90. The highest BCUT2D eigenvalue weighted by atomic mass is 16.5. The molecule has 4 rings (SSSR count). The zero-order chi connectivity index (χ0) is 20.1. The first-order valence-corrected chi connectivity index (χ1v) is 10.6. The number of hydrogen-bond acceptors (Lipinski definition) is 4. The molecule has 1 fully saturated rings. The molecule has 2 N–H and O–H groups in total. The van der Waals surface area contributed by atoms with Crippen LogP contribution in [0.1, 0.15) is 47.9 Å². The largest absolute Gasteiger partial charge is 0.392 e. The molecule has 1 amide bonds. The van der Waals surface area contributed by atoms with Crippen molar-refractivity contribution in [2.45, 2.75) is 58.0 Å². The van der Waals surface area contributed by atoms with Crippen LogP contribution in [-0.4, -0.2) is 28.7 Å². The van der Waals surface area contributed by atoms with E-state index in [4.69, 9.17) is 4.74 Å². The van der Waals surface area contributed by atoms with E-state index < -0.39 is 0 Å². The van der Waals surface area contributed by atoms with Gasteiger partial charge in [-0.3, -0.25) is 10.1 Å². The van der Waals surface area contributed by atoms with Gasteiger partial charge in [-0.25, -0.2) is 0 Å². The fraction of sp³-hybridized carbons (Fsp3) is 0.458. The molecule has 1 saturated carbocycles. The van der Waals surface area contributed by atoms with Crippen molar-refractivity contribution in [2.24, 2.45) is 5.92 Å². The lowest BCUT2D eigenvalue weighted by molar-refractivity contribution is -0.137. The van der Waals surface area contributed by atoms with Gasteiger partial charge in [0.15, 0.2) is 0 Å². The minimum atomic E-state index is 0.0489. The SMILES string of the molecule is O=C([C@H]1CC[C@H](NCOCc2ccccc2)CC1)N1Cc2ccc(CO)cc2C1. The molecule has 5 heteroatoms. The summed E-state index contributed by atoms with van der Waals surface area (Å²) < 4.78 is 5.73. The summed E-state index contributed by atoms with van der Waals surface area (Å²) in [5, 5.41) is 12.8. The third kappa shape index (κ3) is 5.04. The van der Waals surface area contributed by atoms with Crippen molar-refractivity contribution in [3.63, 3.8) is 0 Å². The normalized spacial score (nSPS) is 21.2. The molecule has 0 radical (unpaired) electrons. The Kier molecular flexibility index (Phi) is 6.60. The highest BCUT2D eigenvalue weighted by Gasteiger charge is 2.32. The van der Waals surface area contributed by atoms with Gasteiger partial charge in [-0.15, -0.1) is 0 Å². The van der Waals surface area contributed by atoms with Crippen molar-refractivity contribution in [3.05, 3.63) is 70.8 Å². The summed E-state index contributed by atoms with van der Waals surface area (Å²) in [6, 6.07) is 16.6. The van der Waals surface area contributed by atoms with E-state index in [1.807, 2.05) is 41.3 Å². The van der Waals surface area contributed by atoms with E-state index in [2.05, 4.69) is 17.4 Å². The summed E-state index contributed by atoms with van der Waals surface area (Å²) in [7, 11) is 0. The Bertz CT molecular complexity index is 816. The van der Waals surface area contributed by atoms with Crippen molar-refractivity contribution in [3.8, 4) is 0 Å². The van der Waals surface area contributed by atoms with Gasteiger partial charge in [0, 0.05) is 25.0 Å². The van der Waals surface area contributed by atoms with Crippen molar-refractivity contribution < 1.29 is 14.6 Å². The molecule has 1 heterocycles. The van der Waals surface area contributed by atoms with Gasteiger partial charge in [-0.05, 0) is 47.9 Å². The van der Waals surface area contributed by atoms with Gasteiger partial charge in [0.05, 0.1) is 19.9 Å². The summed E-state index contributed by atoms with van der Waals surface area (Å²) in [5.41, 5.74) is 4.48. The zero-order valence-electron chi connectivity index (χ0n) is 16.8. The maximum absolute atomic E-state index is 13.0. The lowest BCUT2D eigenvalue weighted by Crippen LogP contribution is -2.39. The van der Waals surface area contributed by atoms with Crippen LogP contribution < -0.4 is 5.32 Å². The molecular weight excluding hydrogens is 364 g/mol. The van der Waals surface area contributed by atoms with E-state index >= 15 is 0 Å². The molecular formula is C24H30N2O3. The van der Waals surface area contributed by atoms with Crippen LogP contribution >= 0.6 is 0 Å². The zero-order valence-corrected chi connectivity index (χ0v) is 16.8. The van der Waals surface area contributed by atoms with Gasteiger partial charge in [-0.2, -0.15) is 0 Å². The van der Waals surface area contributed by atoms with E-state index in [1.54, 1.807) is 0 Å². The third-order valence-electron chi connectivity index (χ3n) is 6.15. The van der Waals surface area contributed by atoms with Crippen LogP contribution in [-0.2, 0) is 35.8 Å². The summed E-state index contributed by atoms with van der Waals surface area (Å²) in [4.78, 5) is 15.0. The van der Waals surface area contributed by atoms with Crippen LogP contribution in [0.15, 0.2) is 48.5 Å². The number of carbonyl (C=O) groups excluding carboxylic acids is 1. The number of nitrogens with one attached hydrogen (secondary N) is 1. The Labute approximate surface area is 172 Å². The number of aliphatic hydroxyl groups excluding tert-OH is 1. The molecule has 1 aliphatic heterocycles. The molecule has 0 saturated heterocycles. The molecule has 0 aromatic heterocycles. The summed E-state index contributed by atoms with van der Waals surface area (Å²) >= 11 is 0. The van der Waals surface area contributed by atoms with Crippen LogP contribution in [0, 0.1) is 5.92 Å². The molecule has 2 aromatic rings. The molecule has 154 valence electrons. The highest BCUT2D eigenvalue weighted by molar-refractivity contribution is 5.79. The standard InChI is InChI=1S/C24H30N2O3/c27-15-19-6-7-21-13-26(14-22(21)12-19)24(28)20-8-10-23(11-9-20)25-17-29-16-18-4-2-1-3-5-18/h1-7,12,20,23,25,27H,8-11,13-17H2/t20-,23-. The number of hydrogen-bond donors (Lipinski definition) is 2. The molecule has 29 heavy (non-hydrogen) atoms. The molecule has 0 bridgehead atoms. The first-order chi connectivity index (χ1) is 14.2. The first kappa shape index (κ1) is 20.1. The van der Waals surface area contributed by atoms with Gasteiger partial charge >= 0.3 is 0 Å². The maximum atomic E-state index is 13.0. The quantitative estimate of drug-likeness (QED) is 0.559. The third-order valence-corrected chi connectivity index (χ3v) is 6.15. The lowest BCUT2D eigenvalue weighted by atomic mass is 9.85. The van der Waals surface area contributed by atoms with Gasteiger partial charge in [-0.1, -0.05) is 48.5 Å². The fourth-order valence-corrected chi connectivity index (χ4v) is 4.42. The van der Waals surface area contributed by atoms with Gasteiger partial charge in [0.25, 0.3) is 0 Å². The van der Waals surface area contributed by atoms with Crippen molar-refractivity contribution in [2.75, 3.05) is 6.73 Å². The van der Waals surface area contributed by atoms with Crippen molar-refractivity contribution in [1.82, 2.24) is 10.2 Å². The highest BCUT2D eigenvalue weighted by Crippen LogP contribution is 2.30. The first-order valence-electron chi connectivity index (χ1n) is 10.6. The Balaban J connectivity index is 1.18. The second kappa shape index (κ2) is 9.53. The molecule has 2 aliphatic rings. The Morgan fingerprint density at radius 2 is 1.76 bits per heavy atom. The van der Waals surface area contributed by atoms with Crippen LogP contribution in [0.3, 0.4) is 0 Å². The number of fused-ring (bicyclic) bond motifs is 1. The Morgan fingerprint density at radius 3 is 2.52 bits per heavy atom. The number of amides is 1. The van der Waals surface area contributed by atoms with Crippen LogP contribution in [0.4, 0.5) is 0 Å². The monoisotopic (exact) mass is 394 g/mol.